The Morgan fingerprint density at radius 1 is 0.969 bits per heavy atom. The molecule has 2 aromatic carbocycles. The Morgan fingerprint density at radius 2 is 1.69 bits per heavy atom. The van der Waals surface area contributed by atoms with Gasteiger partial charge in [-0.25, -0.2) is 5.01 Å². The van der Waals surface area contributed by atoms with Crippen LogP contribution < -0.4 is 0 Å². The first-order valence-electron chi connectivity index (χ1n) is 10.7. The minimum Gasteiger partial charge on any atom is -0.265 e. The highest BCUT2D eigenvalue weighted by Crippen LogP contribution is 2.45. The lowest BCUT2D eigenvalue weighted by molar-refractivity contribution is 0.0675. The van der Waals surface area contributed by atoms with Crippen LogP contribution in [0.2, 0.25) is 10.0 Å². The second-order valence-corrected chi connectivity index (χ2v) is 8.94. The molecule has 1 aliphatic heterocycles. The molecule has 1 aromatic heterocycles. The van der Waals surface area contributed by atoms with E-state index in [9.17, 15) is 4.79 Å². The van der Waals surface area contributed by atoms with Gasteiger partial charge in [-0.2, -0.15) is 5.10 Å². The fourth-order valence-electron chi connectivity index (χ4n) is 4.53. The summed E-state index contributed by atoms with van der Waals surface area (Å²) in [4.78, 5) is 17.7. The molecule has 1 amide bonds. The van der Waals surface area contributed by atoms with Gasteiger partial charge in [0.05, 0.1) is 11.8 Å². The zero-order chi connectivity index (χ0) is 22.1. The molecule has 32 heavy (non-hydrogen) atoms. The van der Waals surface area contributed by atoms with Crippen LogP contribution in [0.3, 0.4) is 0 Å². The molecule has 1 saturated carbocycles. The molecule has 1 fully saturated rings. The second-order valence-electron chi connectivity index (χ2n) is 8.07. The molecule has 0 bridgehead atoms. The number of hydrogen-bond donors (Lipinski definition) is 0. The van der Waals surface area contributed by atoms with Gasteiger partial charge in [-0.3, -0.25) is 9.78 Å². The van der Waals surface area contributed by atoms with Gasteiger partial charge in [0, 0.05) is 22.2 Å². The smallest absolute Gasteiger partial charge is 0.265 e. The van der Waals surface area contributed by atoms with E-state index in [-0.39, 0.29) is 17.9 Å². The van der Waals surface area contributed by atoms with Crippen molar-refractivity contribution in [2.75, 3.05) is 0 Å². The van der Waals surface area contributed by atoms with Crippen LogP contribution >= 0.6 is 23.2 Å². The number of halogens is 2. The number of carbonyl (C=O) groups is 1. The van der Waals surface area contributed by atoms with Gasteiger partial charge in [-0.15, -0.1) is 0 Å². The van der Waals surface area contributed by atoms with E-state index < -0.39 is 0 Å². The normalized spacial score (nSPS) is 21.4. The summed E-state index contributed by atoms with van der Waals surface area (Å²) < 4.78 is 0. The van der Waals surface area contributed by atoms with E-state index in [4.69, 9.17) is 28.3 Å². The number of rotatable bonds is 3. The van der Waals surface area contributed by atoms with Gasteiger partial charge >= 0.3 is 0 Å². The summed E-state index contributed by atoms with van der Waals surface area (Å²) >= 11 is 12.2. The number of pyridine rings is 1. The number of hydrogen-bond acceptors (Lipinski definition) is 3. The van der Waals surface area contributed by atoms with E-state index in [0.717, 1.165) is 36.1 Å². The van der Waals surface area contributed by atoms with E-state index in [1.807, 2.05) is 54.6 Å². The largest absolute Gasteiger partial charge is 0.293 e. The Labute approximate surface area is 197 Å². The topological polar surface area (TPSA) is 45.6 Å². The molecule has 160 valence electrons. The minimum absolute atomic E-state index is 0.121. The number of amides is 1. The Hall–Kier alpha value is -2.95. The fraction of sp³-hybridized carbons (Fsp3) is 0.192. The van der Waals surface area contributed by atoms with Crippen molar-refractivity contribution in [3.8, 4) is 0 Å². The minimum atomic E-state index is -0.196. The molecule has 5 rings (SSSR count). The van der Waals surface area contributed by atoms with Crippen molar-refractivity contribution in [3.05, 3.63) is 105 Å². The van der Waals surface area contributed by atoms with Gasteiger partial charge in [-0.1, -0.05) is 53.5 Å². The summed E-state index contributed by atoms with van der Waals surface area (Å²) in [5, 5.41) is 7.89. The third-order valence-electron chi connectivity index (χ3n) is 6.02. The molecular weight excluding hydrogens is 441 g/mol. The van der Waals surface area contributed by atoms with Crippen LogP contribution in [-0.2, 0) is 0 Å². The summed E-state index contributed by atoms with van der Waals surface area (Å²) in [6.07, 6.45) is 6.73. The predicted molar refractivity (Wildman–Crippen MR) is 129 cm³/mol. The average molecular weight is 462 g/mol. The zero-order valence-electron chi connectivity index (χ0n) is 17.3. The van der Waals surface area contributed by atoms with Crippen LogP contribution in [0.4, 0.5) is 0 Å². The number of allylic oxidation sites excluding steroid dienone is 1. The SMILES string of the molecule is O=C(c1ccccn1)N1N=C2/C(=C/c3ccc(Cl)cc3)CCC[C@@H]2[C@H]1c1ccc(Cl)cc1. The maximum absolute atomic E-state index is 13.4. The Kier molecular flexibility index (Phi) is 5.81. The second kappa shape index (κ2) is 8.89. The van der Waals surface area contributed by atoms with Crippen LogP contribution in [0.1, 0.15) is 46.9 Å². The molecular formula is C26H21Cl2N3O. The Bertz CT molecular complexity index is 1190. The monoisotopic (exact) mass is 461 g/mol. The average Bonchev–Trinajstić information content (AvgIpc) is 3.22. The molecule has 0 unspecified atom stereocenters. The third-order valence-corrected chi connectivity index (χ3v) is 6.52. The third kappa shape index (κ3) is 4.08. The number of fused-ring (bicyclic) bond motifs is 1. The number of aromatic nitrogens is 1. The van der Waals surface area contributed by atoms with Gasteiger partial charge in [0.1, 0.15) is 5.69 Å². The highest BCUT2D eigenvalue weighted by Gasteiger charge is 2.44. The quantitative estimate of drug-likeness (QED) is 0.429. The highest BCUT2D eigenvalue weighted by atomic mass is 35.5. The molecule has 2 atom stereocenters. The van der Waals surface area contributed by atoms with Crippen LogP contribution in [0.5, 0.6) is 0 Å². The summed E-state index contributed by atoms with van der Waals surface area (Å²) in [5.74, 6) is -0.0746. The molecule has 6 heteroatoms. The van der Waals surface area contributed by atoms with Crippen LogP contribution in [-0.4, -0.2) is 21.6 Å². The maximum atomic E-state index is 13.4. The number of hydrazone groups is 1. The molecule has 4 nitrogen and oxygen atoms in total. The van der Waals surface area contributed by atoms with Crippen LogP contribution in [0.15, 0.2) is 83.6 Å². The molecule has 1 aliphatic carbocycles. The van der Waals surface area contributed by atoms with Crippen molar-refractivity contribution in [1.29, 1.82) is 0 Å². The molecule has 0 saturated heterocycles. The van der Waals surface area contributed by atoms with Crippen molar-refractivity contribution in [2.45, 2.75) is 25.3 Å². The van der Waals surface area contributed by atoms with E-state index in [2.05, 4.69) is 11.1 Å². The molecule has 0 N–H and O–H groups in total. The first-order chi connectivity index (χ1) is 15.6. The zero-order valence-corrected chi connectivity index (χ0v) is 18.8. The van der Waals surface area contributed by atoms with E-state index in [1.165, 1.54) is 5.57 Å². The predicted octanol–water partition coefficient (Wildman–Crippen LogP) is 6.83. The molecule has 2 aliphatic rings. The first kappa shape index (κ1) is 20.9. The summed E-state index contributed by atoms with van der Waals surface area (Å²) in [5.41, 5.74) is 4.63. The van der Waals surface area contributed by atoms with Gasteiger partial charge in [0.2, 0.25) is 0 Å². The number of carbonyl (C=O) groups excluding carboxylic acids is 1. The van der Waals surface area contributed by atoms with Crippen molar-refractivity contribution in [1.82, 2.24) is 9.99 Å². The van der Waals surface area contributed by atoms with E-state index in [1.54, 1.807) is 23.3 Å². The fourth-order valence-corrected chi connectivity index (χ4v) is 4.78. The molecule has 3 aromatic rings. The Balaban J connectivity index is 1.57. The van der Waals surface area contributed by atoms with E-state index >= 15 is 0 Å². The van der Waals surface area contributed by atoms with Gasteiger partial charge < -0.3 is 0 Å². The van der Waals surface area contributed by atoms with Crippen molar-refractivity contribution in [2.24, 2.45) is 11.0 Å². The lowest BCUT2D eigenvalue weighted by Crippen LogP contribution is -2.32. The Morgan fingerprint density at radius 3 is 2.38 bits per heavy atom. The van der Waals surface area contributed by atoms with Crippen LogP contribution in [0, 0.1) is 5.92 Å². The summed E-state index contributed by atoms with van der Waals surface area (Å²) in [7, 11) is 0. The summed E-state index contributed by atoms with van der Waals surface area (Å²) in [6, 6.07) is 20.6. The van der Waals surface area contributed by atoms with E-state index in [0.29, 0.717) is 15.7 Å². The highest BCUT2D eigenvalue weighted by molar-refractivity contribution is 6.30. The van der Waals surface area contributed by atoms with Gasteiger partial charge in [0.25, 0.3) is 5.91 Å². The number of nitrogens with zero attached hydrogens (tertiary/aromatic N) is 3. The van der Waals surface area contributed by atoms with Gasteiger partial charge in [-0.05, 0) is 78.4 Å². The standard InChI is InChI=1S/C26H21Cl2N3O/c27-20-11-7-17(8-12-20)16-19-4-3-5-22-24(19)30-31(26(32)23-6-1-2-15-29-23)25(22)18-9-13-21(28)14-10-18/h1-2,6-16,22,25H,3-5H2/b19-16+/t22-,25+/m0/s1. The molecule has 0 spiro atoms. The number of benzene rings is 2. The lowest BCUT2D eigenvalue weighted by atomic mass is 9.77. The maximum Gasteiger partial charge on any atom is 0.293 e. The molecule has 2 heterocycles. The van der Waals surface area contributed by atoms with Crippen molar-refractivity contribution >= 4 is 40.9 Å². The lowest BCUT2D eigenvalue weighted by Gasteiger charge is -2.29. The summed E-state index contributed by atoms with van der Waals surface area (Å²) in [6.45, 7) is 0. The first-order valence-corrected chi connectivity index (χ1v) is 11.4. The van der Waals surface area contributed by atoms with Crippen molar-refractivity contribution < 1.29 is 4.79 Å². The van der Waals surface area contributed by atoms with Crippen LogP contribution in [0.25, 0.3) is 6.08 Å². The van der Waals surface area contributed by atoms with Crippen molar-refractivity contribution in [3.63, 3.8) is 0 Å². The molecule has 0 radical (unpaired) electrons. The van der Waals surface area contributed by atoms with Gasteiger partial charge in [0.15, 0.2) is 0 Å².